The van der Waals surface area contributed by atoms with E-state index in [1.54, 1.807) is 0 Å². The third kappa shape index (κ3) is 3.38. The molecule has 14 heavy (non-hydrogen) atoms. The number of hydrogen-bond donors (Lipinski definition) is 2. The van der Waals surface area contributed by atoms with Gasteiger partial charge < -0.3 is 10.4 Å². The molecule has 0 unspecified atom stereocenters. The van der Waals surface area contributed by atoms with Gasteiger partial charge in [0, 0.05) is 18.8 Å². The summed E-state index contributed by atoms with van der Waals surface area (Å²) in [5.41, 5.74) is 2.49. The number of nitrogens with one attached hydrogen (secondary N) is 1. The van der Waals surface area contributed by atoms with Crippen LogP contribution in [0.3, 0.4) is 0 Å². The Morgan fingerprint density at radius 3 is 2.36 bits per heavy atom. The van der Waals surface area contributed by atoms with E-state index in [1.807, 2.05) is 0 Å². The van der Waals surface area contributed by atoms with E-state index in [-0.39, 0.29) is 6.61 Å². The van der Waals surface area contributed by atoms with Crippen molar-refractivity contribution < 1.29 is 5.11 Å². The molecule has 0 saturated heterocycles. The van der Waals surface area contributed by atoms with E-state index in [0.717, 1.165) is 18.7 Å². The van der Waals surface area contributed by atoms with Crippen LogP contribution >= 0.6 is 0 Å². The van der Waals surface area contributed by atoms with Crippen molar-refractivity contribution in [3.8, 4) is 0 Å². The van der Waals surface area contributed by atoms with Gasteiger partial charge in [0.15, 0.2) is 0 Å². The van der Waals surface area contributed by atoms with E-state index in [9.17, 15) is 0 Å². The molecule has 0 aliphatic heterocycles. The summed E-state index contributed by atoms with van der Waals surface area (Å²) < 4.78 is 0. The van der Waals surface area contributed by atoms with E-state index in [2.05, 4.69) is 43.4 Å². The topological polar surface area (TPSA) is 32.3 Å². The number of hydrogen-bond acceptors (Lipinski definition) is 2. The second-order valence-corrected chi connectivity index (χ2v) is 3.78. The zero-order valence-electron chi connectivity index (χ0n) is 8.96. The summed E-state index contributed by atoms with van der Waals surface area (Å²) in [6.07, 6.45) is 0.798. The molecule has 0 aliphatic rings. The van der Waals surface area contributed by atoms with E-state index in [1.165, 1.54) is 5.56 Å². The Bertz CT molecular complexity index is 254. The van der Waals surface area contributed by atoms with Crippen LogP contribution in [0.2, 0.25) is 0 Å². The zero-order chi connectivity index (χ0) is 10.4. The van der Waals surface area contributed by atoms with Crippen LogP contribution in [0.1, 0.15) is 31.7 Å². The second kappa shape index (κ2) is 5.66. The molecule has 2 nitrogen and oxygen atoms in total. The molecule has 0 bridgehead atoms. The summed E-state index contributed by atoms with van der Waals surface area (Å²) in [4.78, 5) is 0. The predicted octanol–water partition coefficient (Wildman–Crippen LogP) is 2.60. The second-order valence-electron chi connectivity index (χ2n) is 3.78. The number of rotatable bonds is 5. The van der Waals surface area contributed by atoms with Crippen molar-refractivity contribution in [2.24, 2.45) is 0 Å². The van der Waals surface area contributed by atoms with Gasteiger partial charge in [-0.15, -0.1) is 0 Å². The van der Waals surface area contributed by atoms with E-state index in [0.29, 0.717) is 5.92 Å². The first-order chi connectivity index (χ1) is 6.74. The minimum atomic E-state index is 0.247. The Labute approximate surface area is 86.0 Å². The van der Waals surface area contributed by atoms with Crippen LogP contribution in [0, 0.1) is 0 Å². The fourth-order valence-corrected chi connectivity index (χ4v) is 1.30. The first-order valence-electron chi connectivity index (χ1n) is 5.18. The molecule has 2 N–H and O–H groups in total. The Hall–Kier alpha value is -1.02. The summed E-state index contributed by atoms with van der Waals surface area (Å²) in [5.74, 6) is 0.585. The van der Waals surface area contributed by atoms with Gasteiger partial charge in [0.2, 0.25) is 0 Å². The van der Waals surface area contributed by atoms with Gasteiger partial charge in [-0.3, -0.25) is 0 Å². The summed E-state index contributed by atoms with van der Waals surface area (Å²) in [7, 11) is 0. The van der Waals surface area contributed by atoms with Crippen molar-refractivity contribution in [1.82, 2.24) is 0 Å². The number of benzene rings is 1. The van der Waals surface area contributed by atoms with E-state index >= 15 is 0 Å². The van der Waals surface area contributed by atoms with Crippen LogP contribution in [-0.2, 0) is 0 Å². The maximum absolute atomic E-state index is 8.62. The molecule has 2 heteroatoms. The highest BCUT2D eigenvalue weighted by molar-refractivity contribution is 5.44. The highest BCUT2D eigenvalue weighted by atomic mass is 16.3. The van der Waals surface area contributed by atoms with Crippen molar-refractivity contribution in [3.05, 3.63) is 29.8 Å². The van der Waals surface area contributed by atoms with Crippen molar-refractivity contribution in [3.63, 3.8) is 0 Å². The normalized spacial score (nSPS) is 10.6. The summed E-state index contributed by atoms with van der Waals surface area (Å²) in [6, 6.07) is 8.47. The lowest BCUT2D eigenvalue weighted by Gasteiger charge is -2.08. The largest absolute Gasteiger partial charge is 0.396 e. The van der Waals surface area contributed by atoms with E-state index < -0.39 is 0 Å². The highest BCUT2D eigenvalue weighted by Crippen LogP contribution is 2.16. The standard InChI is InChI=1S/C12H19NO/c1-10(2)11-4-6-12(7-5-11)13-8-3-9-14/h4-7,10,13-14H,3,8-9H2,1-2H3. The fourth-order valence-electron chi connectivity index (χ4n) is 1.30. The number of aliphatic hydroxyl groups excluding tert-OH is 1. The minimum Gasteiger partial charge on any atom is -0.396 e. The monoisotopic (exact) mass is 193 g/mol. The molecule has 0 amide bonds. The van der Waals surface area contributed by atoms with Gasteiger partial charge >= 0.3 is 0 Å². The van der Waals surface area contributed by atoms with Crippen LogP contribution in [0.15, 0.2) is 24.3 Å². The van der Waals surface area contributed by atoms with Gasteiger partial charge in [0.25, 0.3) is 0 Å². The fraction of sp³-hybridized carbons (Fsp3) is 0.500. The molecule has 1 rings (SSSR count). The highest BCUT2D eigenvalue weighted by Gasteiger charge is 1.97. The van der Waals surface area contributed by atoms with Crippen molar-refractivity contribution in [2.45, 2.75) is 26.2 Å². The molecule has 78 valence electrons. The van der Waals surface area contributed by atoms with E-state index in [4.69, 9.17) is 5.11 Å². The predicted molar refractivity (Wildman–Crippen MR) is 60.7 cm³/mol. The molecule has 0 heterocycles. The van der Waals surface area contributed by atoms with Crippen LogP contribution in [0.25, 0.3) is 0 Å². The molecule has 0 aliphatic carbocycles. The Balaban J connectivity index is 2.47. The van der Waals surface area contributed by atoms with Crippen molar-refractivity contribution >= 4 is 5.69 Å². The van der Waals surface area contributed by atoms with Gasteiger partial charge in [-0.2, -0.15) is 0 Å². The third-order valence-corrected chi connectivity index (χ3v) is 2.24. The Morgan fingerprint density at radius 1 is 1.21 bits per heavy atom. The average molecular weight is 193 g/mol. The summed E-state index contributed by atoms with van der Waals surface area (Å²) in [6.45, 7) is 5.46. The number of anilines is 1. The lowest BCUT2D eigenvalue weighted by molar-refractivity contribution is 0.292. The van der Waals surface area contributed by atoms with Gasteiger partial charge in [-0.25, -0.2) is 0 Å². The Kier molecular flexibility index (Phi) is 4.47. The Morgan fingerprint density at radius 2 is 1.86 bits per heavy atom. The molecule has 1 aromatic rings. The van der Waals surface area contributed by atoms with Gasteiger partial charge in [-0.05, 0) is 30.0 Å². The van der Waals surface area contributed by atoms with Crippen LogP contribution in [0.5, 0.6) is 0 Å². The molecule has 0 radical (unpaired) electrons. The summed E-state index contributed by atoms with van der Waals surface area (Å²) >= 11 is 0. The van der Waals surface area contributed by atoms with Crippen LogP contribution < -0.4 is 5.32 Å². The molecular formula is C12H19NO. The quantitative estimate of drug-likeness (QED) is 0.704. The average Bonchev–Trinajstić information content (AvgIpc) is 2.19. The third-order valence-electron chi connectivity index (χ3n) is 2.24. The first kappa shape index (κ1) is 11.1. The minimum absolute atomic E-state index is 0.247. The van der Waals surface area contributed by atoms with Gasteiger partial charge in [0.05, 0.1) is 0 Å². The van der Waals surface area contributed by atoms with Crippen LogP contribution in [-0.4, -0.2) is 18.3 Å². The van der Waals surface area contributed by atoms with Crippen molar-refractivity contribution in [1.29, 1.82) is 0 Å². The molecule has 0 saturated carbocycles. The lowest BCUT2D eigenvalue weighted by atomic mass is 10.0. The molecule has 0 spiro atoms. The zero-order valence-corrected chi connectivity index (χ0v) is 8.96. The van der Waals surface area contributed by atoms with Crippen LogP contribution in [0.4, 0.5) is 5.69 Å². The van der Waals surface area contributed by atoms with Crippen molar-refractivity contribution in [2.75, 3.05) is 18.5 Å². The maximum Gasteiger partial charge on any atom is 0.0447 e. The molecule has 0 fully saturated rings. The molecule has 0 atom stereocenters. The summed E-state index contributed by atoms with van der Waals surface area (Å²) in [5, 5.41) is 11.9. The first-order valence-corrected chi connectivity index (χ1v) is 5.18. The lowest BCUT2D eigenvalue weighted by Crippen LogP contribution is -2.03. The molecule has 0 aromatic heterocycles. The SMILES string of the molecule is CC(C)c1ccc(NCCCO)cc1. The molecular weight excluding hydrogens is 174 g/mol. The number of aliphatic hydroxyl groups is 1. The smallest absolute Gasteiger partial charge is 0.0447 e. The maximum atomic E-state index is 8.62. The van der Waals surface area contributed by atoms with Gasteiger partial charge in [0.1, 0.15) is 0 Å². The van der Waals surface area contributed by atoms with Gasteiger partial charge in [-0.1, -0.05) is 26.0 Å². The molecule has 1 aromatic carbocycles.